The summed E-state index contributed by atoms with van der Waals surface area (Å²) < 4.78 is 0. The highest BCUT2D eigenvalue weighted by molar-refractivity contribution is 14.0. The Morgan fingerprint density at radius 2 is 2.35 bits per heavy atom. The lowest BCUT2D eigenvalue weighted by Gasteiger charge is -2.23. The van der Waals surface area contributed by atoms with Crippen LogP contribution in [0, 0.1) is 5.92 Å². The van der Waals surface area contributed by atoms with E-state index in [1.165, 1.54) is 37.4 Å². The van der Waals surface area contributed by atoms with Crippen molar-refractivity contribution >= 4 is 41.3 Å². The van der Waals surface area contributed by atoms with Gasteiger partial charge in [-0.2, -0.15) is 0 Å². The van der Waals surface area contributed by atoms with Crippen molar-refractivity contribution in [2.45, 2.75) is 26.2 Å². The van der Waals surface area contributed by atoms with Gasteiger partial charge in [-0.1, -0.05) is 13.0 Å². The highest BCUT2D eigenvalue weighted by Crippen LogP contribution is 2.15. The Morgan fingerprint density at radius 3 is 3.00 bits per heavy atom. The highest BCUT2D eigenvalue weighted by atomic mass is 127. The Balaban J connectivity index is 0.00000264. The number of halogens is 1. The minimum atomic E-state index is 0. The van der Waals surface area contributed by atoms with Gasteiger partial charge in [0.15, 0.2) is 5.96 Å². The summed E-state index contributed by atoms with van der Waals surface area (Å²) >= 11 is 1.83. The van der Waals surface area contributed by atoms with Crippen LogP contribution in [-0.2, 0) is 6.42 Å². The molecule has 1 atom stereocenters. The van der Waals surface area contributed by atoms with Gasteiger partial charge >= 0.3 is 0 Å². The maximum Gasteiger partial charge on any atom is 0.193 e. The van der Waals surface area contributed by atoms with Gasteiger partial charge in [-0.15, -0.1) is 35.3 Å². The van der Waals surface area contributed by atoms with Gasteiger partial charge in [-0.05, 0) is 49.7 Å². The van der Waals surface area contributed by atoms with Crippen LogP contribution in [0.4, 0.5) is 0 Å². The second-order valence-electron chi connectivity index (χ2n) is 6.13. The molecule has 1 aromatic rings. The van der Waals surface area contributed by atoms with Crippen LogP contribution >= 0.6 is 35.3 Å². The van der Waals surface area contributed by atoms with Gasteiger partial charge in [0.1, 0.15) is 0 Å². The third kappa shape index (κ3) is 6.97. The number of hydrogen-bond acceptors (Lipinski definition) is 3. The topological polar surface area (TPSA) is 30.9 Å². The number of aliphatic imine (C=N–C) groups is 1. The molecule has 0 spiro atoms. The van der Waals surface area contributed by atoms with Crippen LogP contribution < -0.4 is 5.32 Å². The number of likely N-dealkylation sites (N-methyl/N-ethyl adjacent to an activating group) is 1. The zero-order valence-corrected chi connectivity index (χ0v) is 17.8. The SMILES string of the molecule is CCCN1CCC(CNC(=NC)N(C)CCc2cccs2)C1.I. The molecule has 1 aliphatic rings. The van der Waals surface area contributed by atoms with E-state index in [1.807, 2.05) is 18.4 Å². The zero-order valence-electron chi connectivity index (χ0n) is 14.6. The van der Waals surface area contributed by atoms with Gasteiger partial charge in [-0.25, -0.2) is 0 Å². The number of nitrogens with zero attached hydrogens (tertiary/aromatic N) is 3. The van der Waals surface area contributed by atoms with E-state index in [1.54, 1.807) is 0 Å². The number of thiophene rings is 1. The van der Waals surface area contributed by atoms with Gasteiger partial charge < -0.3 is 15.1 Å². The maximum absolute atomic E-state index is 4.43. The predicted molar refractivity (Wildman–Crippen MR) is 112 cm³/mol. The van der Waals surface area contributed by atoms with E-state index in [0.717, 1.165) is 31.4 Å². The first-order chi connectivity index (χ1) is 10.7. The van der Waals surface area contributed by atoms with Crippen LogP contribution in [0.15, 0.2) is 22.5 Å². The fraction of sp³-hybridized carbons (Fsp3) is 0.706. The van der Waals surface area contributed by atoms with Crippen molar-refractivity contribution in [3.63, 3.8) is 0 Å². The molecule has 2 heterocycles. The highest BCUT2D eigenvalue weighted by Gasteiger charge is 2.22. The van der Waals surface area contributed by atoms with E-state index in [0.29, 0.717) is 0 Å². The first-order valence-corrected chi connectivity index (χ1v) is 9.27. The van der Waals surface area contributed by atoms with Crippen molar-refractivity contribution in [3.8, 4) is 0 Å². The lowest BCUT2D eigenvalue weighted by atomic mass is 10.1. The van der Waals surface area contributed by atoms with Crippen molar-refractivity contribution in [2.24, 2.45) is 10.9 Å². The van der Waals surface area contributed by atoms with Crippen LogP contribution in [0.1, 0.15) is 24.6 Å². The standard InChI is InChI=1S/C17H30N4S.HI/c1-4-9-21-11-7-15(14-21)13-19-17(18-2)20(3)10-8-16-6-5-12-22-16;/h5-6,12,15H,4,7-11,13-14H2,1-3H3,(H,18,19);1H. The lowest BCUT2D eigenvalue weighted by molar-refractivity contribution is 0.324. The summed E-state index contributed by atoms with van der Waals surface area (Å²) in [4.78, 5) is 10.7. The molecule has 2 rings (SSSR count). The number of nitrogens with one attached hydrogen (secondary N) is 1. The maximum atomic E-state index is 4.43. The second kappa shape index (κ2) is 11.3. The summed E-state index contributed by atoms with van der Waals surface area (Å²) in [6.07, 6.45) is 3.65. The predicted octanol–water partition coefficient (Wildman–Crippen LogP) is 3.15. The number of hydrogen-bond donors (Lipinski definition) is 1. The smallest absolute Gasteiger partial charge is 0.193 e. The summed E-state index contributed by atoms with van der Waals surface area (Å²) in [5.41, 5.74) is 0. The Labute approximate surface area is 162 Å². The first-order valence-electron chi connectivity index (χ1n) is 8.39. The molecule has 1 fully saturated rings. The summed E-state index contributed by atoms with van der Waals surface area (Å²) in [7, 11) is 4.00. The molecular formula is C17H31IN4S. The Kier molecular flexibility index (Phi) is 10.1. The number of guanidine groups is 1. The summed E-state index contributed by atoms with van der Waals surface area (Å²) in [6, 6.07) is 4.32. The molecule has 4 nitrogen and oxygen atoms in total. The van der Waals surface area contributed by atoms with Gasteiger partial charge in [0.25, 0.3) is 0 Å². The fourth-order valence-electron chi connectivity index (χ4n) is 3.06. The largest absolute Gasteiger partial charge is 0.356 e. The fourth-order valence-corrected chi connectivity index (χ4v) is 3.76. The van der Waals surface area contributed by atoms with E-state index in [4.69, 9.17) is 0 Å². The Hall–Kier alpha value is -0.340. The summed E-state index contributed by atoms with van der Waals surface area (Å²) in [6.45, 7) is 8.04. The van der Waals surface area contributed by atoms with Gasteiger partial charge in [0, 0.05) is 38.6 Å². The Bertz CT molecular complexity index is 449. The zero-order chi connectivity index (χ0) is 15.8. The minimum absolute atomic E-state index is 0. The normalized spacial score (nSPS) is 18.7. The molecule has 0 amide bonds. The molecule has 1 N–H and O–H groups in total. The molecule has 23 heavy (non-hydrogen) atoms. The van der Waals surface area contributed by atoms with Crippen LogP contribution in [0.3, 0.4) is 0 Å². The van der Waals surface area contributed by atoms with E-state index in [2.05, 4.69) is 51.6 Å². The van der Waals surface area contributed by atoms with Crippen LogP contribution in [0.5, 0.6) is 0 Å². The summed E-state index contributed by atoms with van der Waals surface area (Å²) in [5, 5.41) is 5.70. The summed E-state index contributed by atoms with van der Waals surface area (Å²) in [5.74, 6) is 1.78. The number of likely N-dealkylation sites (tertiary alicyclic amines) is 1. The van der Waals surface area contributed by atoms with Gasteiger partial charge in [-0.3, -0.25) is 4.99 Å². The number of rotatable bonds is 7. The molecular weight excluding hydrogens is 419 g/mol. The van der Waals surface area contributed by atoms with Crippen molar-refractivity contribution in [1.29, 1.82) is 0 Å². The average molecular weight is 450 g/mol. The average Bonchev–Trinajstić information content (AvgIpc) is 3.18. The molecule has 132 valence electrons. The monoisotopic (exact) mass is 450 g/mol. The van der Waals surface area contributed by atoms with Crippen LogP contribution in [0.25, 0.3) is 0 Å². The Morgan fingerprint density at radius 1 is 1.52 bits per heavy atom. The van der Waals surface area contributed by atoms with Crippen LogP contribution in [-0.4, -0.2) is 62.6 Å². The second-order valence-corrected chi connectivity index (χ2v) is 7.17. The molecule has 6 heteroatoms. The first kappa shape index (κ1) is 20.7. The van der Waals surface area contributed by atoms with E-state index < -0.39 is 0 Å². The van der Waals surface area contributed by atoms with Crippen molar-refractivity contribution < 1.29 is 0 Å². The van der Waals surface area contributed by atoms with E-state index >= 15 is 0 Å². The molecule has 1 aliphatic heterocycles. The van der Waals surface area contributed by atoms with Crippen molar-refractivity contribution in [3.05, 3.63) is 22.4 Å². The molecule has 0 aromatic carbocycles. The molecule has 0 radical (unpaired) electrons. The molecule has 0 saturated carbocycles. The molecule has 1 unspecified atom stereocenters. The molecule has 0 bridgehead atoms. The van der Waals surface area contributed by atoms with Crippen molar-refractivity contribution in [1.82, 2.24) is 15.1 Å². The van der Waals surface area contributed by atoms with Gasteiger partial charge in [0.2, 0.25) is 0 Å². The lowest BCUT2D eigenvalue weighted by Crippen LogP contribution is -2.42. The van der Waals surface area contributed by atoms with Crippen molar-refractivity contribution in [2.75, 3.05) is 46.8 Å². The quantitative estimate of drug-likeness (QED) is 0.394. The third-order valence-corrected chi connectivity index (χ3v) is 5.24. The third-order valence-electron chi connectivity index (χ3n) is 4.31. The van der Waals surface area contributed by atoms with Crippen LogP contribution in [0.2, 0.25) is 0 Å². The van der Waals surface area contributed by atoms with Gasteiger partial charge in [0.05, 0.1) is 0 Å². The van der Waals surface area contributed by atoms with E-state index in [-0.39, 0.29) is 24.0 Å². The molecule has 0 aliphatic carbocycles. The molecule has 1 saturated heterocycles. The molecule has 1 aromatic heterocycles. The minimum Gasteiger partial charge on any atom is -0.356 e. The van der Waals surface area contributed by atoms with E-state index in [9.17, 15) is 0 Å².